The van der Waals surface area contributed by atoms with Crippen LogP contribution in [0, 0.1) is 35.3 Å². The van der Waals surface area contributed by atoms with Crippen molar-refractivity contribution < 1.29 is 15.1 Å². The minimum Gasteiger partial charge on any atom is -0.235 e. The van der Waals surface area contributed by atoms with Crippen molar-refractivity contribution in [2.45, 2.75) is 19.3 Å². The number of nitro groups is 3. The van der Waals surface area contributed by atoms with Gasteiger partial charge >= 0.3 is 0 Å². The number of rotatable bonds is 4. The molecule has 0 amide bonds. The summed E-state index contributed by atoms with van der Waals surface area (Å²) in [4.78, 5) is 43.6. The van der Waals surface area contributed by atoms with Crippen molar-refractivity contribution in [3.05, 3.63) is 35.3 Å². The fourth-order valence-electron chi connectivity index (χ4n) is 1.97. The summed E-state index contributed by atoms with van der Waals surface area (Å²) in [5.41, 5.74) is 0. The summed E-state index contributed by atoms with van der Waals surface area (Å²) in [6.07, 6.45) is 1.35. The molecule has 1 aliphatic rings. The number of hydrogen-bond donors (Lipinski definition) is 0. The molecule has 1 aliphatic heterocycles. The van der Waals surface area contributed by atoms with E-state index in [0.29, 0.717) is 34.3 Å². The number of hydrogen-bond acceptors (Lipinski definition) is 8. The molecule has 0 bridgehead atoms. The van der Waals surface area contributed by atoms with Gasteiger partial charge in [0, 0.05) is 6.54 Å². The van der Waals surface area contributed by atoms with Crippen molar-refractivity contribution in [1.82, 2.24) is 20.0 Å². The maximum absolute atomic E-state index is 11.0. The van der Waals surface area contributed by atoms with Crippen molar-refractivity contribution >= 4 is 0 Å². The van der Waals surface area contributed by atoms with E-state index in [1.807, 2.05) is 0 Å². The van der Waals surface area contributed by atoms with Crippen LogP contribution in [0.15, 0.2) is 5.29 Å². The number of hydrazine groups is 3. The Kier molecular flexibility index (Phi) is 6.63. The van der Waals surface area contributed by atoms with E-state index in [1.54, 1.807) is 0 Å². The van der Waals surface area contributed by atoms with Crippen LogP contribution in [0.1, 0.15) is 19.3 Å². The lowest BCUT2D eigenvalue weighted by Gasteiger charge is -2.25. The van der Waals surface area contributed by atoms with Crippen LogP contribution >= 0.6 is 0 Å². The first-order valence-corrected chi connectivity index (χ1v) is 6.61. The molecule has 0 spiro atoms. The minimum atomic E-state index is -0.961. The third kappa shape index (κ3) is 5.71. The fraction of sp³-hybridized carbons (Fsp3) is 1.00. The highest BCUT2D eigenvalue weighted by Gasteiger charge is 2.31. The van der Waals surface area contributed by atoms with Crippen LogP contribution in [0.5, 0.6) is 0 Å². The van der Waals surface area contributed by atoms with Gasteiger partial charge in [0.15, 0.2) is 21.8 Å². The maximum Gasteiger partial charge on any atom is 0.212 e. The summed E-state index contributed by atoms with van der Waals surface area (Å²) < 4.78 is 0. The Labute approximate surface area is 129 Å². The summed E-state index contributed by atoms with van der Waals surface area (Å²) >= 11 is 0. The Bertz CT molecular complexity index is 462. The van der Waals surface area contributed by atoms with Crippen LogP contribution in [-0.2, 0) is 0 Å². The molecule has 0 aromatic rings. The summed E-state index contributed by atoms with van der Waals surface area (Å²) in [6, 6.07) is 0. The van der Waals surface area contributed by atoms with Gasteiger partial charge in [-0.3, -0.25) is 0 Å². The van der Waals surface area contributed by atoms with E-state index in [0.717, 1.165) is 5.01 Å². The smallest absolute Gasteiger partial charge is 0.212 e. The van der Waals surface area contributed by atoms with Gasteiger partial charge in [0.2, 0.25) is 13.3 Å². The summed E-state index contributed by atoms with van der Waals surface area (Å²) in [6.45, 7) is -2.05. The van der Waals surface area contributed by atoms with Crippen LogP contribution in [-0.4, -0.2) is 68.2 Å². The second-order valence-corrected chi connectivity index (χ2v) is 4.75. The molecule has 1 saturated heterocycles. The standard InChI is InChI=1S/C8H16N8O7/c17-9-10-4-2-1-3-5-11(14(18)19)7-13(16(22)23)8-12(6-10)15(20)21/h1-8H2. The van der Waals surface area contributed by atoms with Crippen molar-refractivity contribution in [3.8, 4) is 0 Å². The highest BCUT2D eigenvalue weighted by molar-refractivity contribution is 4.55. The van der Waals surface area contributed by atoms with Crippen molar-refractivity contribution in [2.24, 2.45) is 5.29 Å². The Morgan fingerprint density at radius 2 is 1.17 bits per heavy atom. The van der Waals surface area contributed by atoms with Gasteiger partial charge in [-0.15, -0.1) is 9.92 Å². The predicted molar refractivity (Wildman–Crippen MR) is 72.3 cm³/mol. The van der Waals surface area contributed by atoms with Gasteiger partial charge in [-0.05, 0) is 19.3 Å². The highest BCUT2D eigenvalue weighted by atomic mass is 16.7. The number of nitrogens with zero attached hydrogens (tertiary/aromatic N) is 8. The summed E-state index contributed by atoms with van der Waals surface area (Å²) in [7, 11) is 0. The maximum atomic E-state index is 11.0. The van der Waals surface area contributed by atoms with E-state index in [2.05, 4.69) is 5.29 Å². The molecule has 1 rings (SSSR count). The van der Waals surface area contributed by atoms with Crippen molar-refractivity contribution in [3.63, 3.8) is 0 Å². The predicted octanol–water partition coefficient (Wildman–Crippen LogP) is -0.493. The summed E-state index contributed by atoms with van der Waals surface area (Å²) in [5.74, 6) is 0. The molecule has 0 saturated carbocycles. The second kappa shape index (κ2) is 8.44. The SMILES string of the molecule is O=NN1CCCCCN([N+](=O)[O-])CN([N+](=O)[O-])CN([N+](=O)[O-])C1. The van der Waals surface area contributed by atoms with Gasteiger partial charge in [-0.25, -0.2) is 35.4 Å². The molecule has 0 atom stereocenters. The molecule has 0 radical (unpaired) electrons. The van der Waals surface area contributed by atoms with Crippen molar-refractivity contribution in [1.29, 1.82) is 0 Å². The van der Waals surface area contributed by atoms with Crippen LogP contribution in [0.25, 0.3) is 0 Å². The van der Waals surface area contributed by atoms with Gasteiger partial charge in [-0.2, -0.15) is 0 Å². The van der Waals surface area contributed by atoms with Gasteiger partial charge < -0.3 is 0 Å². The van der Waals surface area contributed by atoms with Crippen LogP contribution in [0.4, 0.5) is 0 Å². The molecule has 0 aromatic heterocycles. The van der Waals surface area contributed by atoms with Crippen LogP contribution in [0.3, 0.4) is 0 Å². The first kappa shape index (κ1) is 18.1. The van der Waals surface area contributed by atoms with Crippen LogP contribution in [0.2, 0.25) is 0 Å². The molecule has 0 unspecified atom stereocenters. The average molecular weight is 336 g/mol. The lowest BCUT2D eigenvalue weighted by atomic mass is 10.2. The third-order valence-corrected chi connectivity index (χ3v) is 3.12. The van der Waals surface area contributed by atoms with Crippen molar-refractivity contribution in [2.75, 3.05) is 33.1 Å². The Morgan fingerprint density at radius 1 is 0.696 bits per heavy atom. The molecule has 0 aliphatic carbocycles. The molecule has 15 nitrogen and oxygen atoms in total. The lowest BCUT2D eigenvalue weighted by Crippen LogP contribution is -2.52. The van der Waals surface area contributed by atoms with E-state index in [9.17, 15) is 35.3 Å². The van der Waals surface area contributed by atoms with Gasteiger partial charge in [0.25, 0.3) is 0 Å². The molecule has 1 fully saturated rings. The molecule has 23 heavy (non-hydrogen) atoms. The third-order valence-electron chi connectivity index (χ3n) is 3.12. The largest absolute Gasteiger partial charge is 0.235 e. The molecule has 1 heterocycles. The molecule has 130 valence electrons. The first-order valence-electron chi connectivity index (χ1n) is 6.61. The molecule has 15 heteroatoms. The molecule has 0 N–H and O–H groups in total. The van der Waals surface area contributed by atoms with E-state index in [-0.39, 0.29) is 13.1 Å². The monoisotopic (exact) mass is 336 g/mol. The van der Waals surface area contributed by atoms with E-state index in [1.165, 1.54) is 0 Å². The minimum absolute atomic E-state index is 0.0513. The topological polar surface area (TPSA) is 172 Å². The van der Waals surface area contributed by atoms with E-state index < -0.39 is 35.1 Å². The Hall–Kier alpha value is -3.00. The van der Waals surface area contributed by atoms with Gasteiger partial charge in [0.1, 0.15) is 0 Å². The molecular weight excluding hydrogens is 320 g/mol. The zero-order valence-corrected chi connectivity index (χ0v) is 12.1. The zero-order chi connectivity index (χ0) is 17.4. The van der Waals surface area contributed by atoms with Gasteiger partial charge in [0.05, 0.1) is 11.8 Å². The highest BCUT2D eigenvalue weighted by Crippen LogP contribution is 2.08. The zero-order valence-electron chi connectivity index (χ0n) is 12.1. The lowest BCUT2D eigenvalue weighted by molar-refractivity contribution is -0.738. The first-order chi connectivity index (χ1) is 10.8. The number of nitroso groups, excluding NO2 is 1. The van der Waals surface area contributed by atoms with E-state index in [4.69, 9.17) is 0 Å². The normalized spacial score (nSPS) is 17.9. The van der Waals surface area contributed by atoms with E-state index >= 15 is 0 Å². The quantitative estimate of drug-likeness (QED) is 0.368. The Morgan fingerprint density at radius 3 is 1.70 bits per heavy atom. The molecule has 0 aromatic carbocycles. The Balaban J connectivity index is 2.96. The molecular formula is C8H16N8O7. The summed E-state index contributed by atoms with van der Waals surface area (Å²) in [5, 5.41) is 35.1. The average Bonchev–Trinajstić information content (AvgIpc) is 2.46. The van der Waals surface area contributed by atoms with Gasteiger partial charge in [-0.1, -0.05) is 10.0 Å². The fourth-order valence-corrected chi connectivity index (χ4v) is 1.97. The van der Waals surface area contributed by atoms with Crippen LogP contribution < -0.4 is 0 Å². The second-order valence-electron chi connectivity index (χ2n) is 4.75.